The van der Waals surface area contributed by atoms with Crippen molar-refractivity contribution in [2.75, 3.05) is 23.7 Å². The van der Waals surface area contributed by atoms with Crippen LogP contribution >= 0.6 is 0 Å². The summed E-state index contributed by atoms with van der Waals surface area (Å²) in [6.45, 7) is 1.78. The molecule has 0 aliphatic carbocycles. The Balaban J connectivity index is 1.97. The number of rotatable bonds is 0. The molecule has 4 nitrogen and oxygen atoms in total. The molecule has 2 heterocycles. The van der Waals surface area contributed by atoms with Crippen molar-refractivity contribution >= 4 is 17.3 Å². The number of hydrogen-bond acceptors (Lipinski definition) is 3. The van der Waals surface area contributed by atoms with Gasteiger partial charge in [0.25, 0.3) is 0 Å². The second-order valence-electron chi connectivity index (χ2n) is 4.46. The van der Waals surface area contributed by atoms with Crippen LogP contribution < -0.4 is 16.0 Å². The van der Waals surface area contributed by atoms with Crippen LogP contribution in [0.1, 0.15) is 12.8 Å². The van der Waals surface area contributed by atoms with E-state index in [0.29, 0.717) is 0 Å². The highest BCUT2D eigenvalue weighted by atomic mass is 16.2. The van der Waals surface area contributed by atoms with Crippen molar-refractivity contribution < 1.29 is 4.79 Å². The van der Waals surface area contributed by atoms with Crippen LogP contribution in [-0.4, -0.2) is 24.5 Å². The molecule has 0 atom stereocenters. The maximum absolute atomic E-state index is 12.1. The lowest BCUT2D eigenvalue weighted by molar-refractivity contribution is -0.121. The molecule has 1 spiro atoms. The Kier molecular flexibility index (Phi) is 2.11. The number of fused-ring (bicyclic) bond motifs is 1. The van der Waals surface area contributed by atoms with Crippen molar-refractivity contribution in [3.63, 3.8) is 0 Å². The third kappa shape index (κ3) is 1.38. The van der Waals surface area contributed by atoms with E-state index in [4.69, 9.17) is 0 Å². The molecule has 0 bridgehead atoms. The van der Waals surface area contributed by atoms with Crippen LogP contribution in [0, 0.1) is 0 Å². The molecule has 0 aromatic heterocycles. The summed E-state index contributed by atoms with van der Waals surface area (Å²) in [7, 11) is 0. The zero-order valence-electron chi connectivity index (χ0n) is 9.05. The fourth-order valence-corrected chi connectivity index (χ4v) is 2.46. The summed E-state index contributed by atoms with van der Waals surface area (Å²) in [5.41, 5.74) is 1.51. The number of amides is 1. The highest BCUT2D eigenvalue weighted by molar-refractivity contribution is 6.06. The monoisotopic (exact) mass is 217 g/mol. The van der Waals surface area contributed by atoms with E-state index in [1.165, 1.54) is 0 Å². The largest absolute Gasteiger partial charge is 0.369 e. The number of anilines is 2. The van der Waals surface area contributed by atoms with E-state index in [-0.39, 0.29) is 5.91 Å². The molecule has 84 valence electrons. The molecule has 1 aromatic rings. The van der Waals surface area contributed by atoms with E-state index in [9.17, 15) is 4.79 Å². The van der Waals surface area contributed by atoms with Gasteiger partial charge in [0.05, 0.1) is 11.4 Å². The van der Waals surface area contributed by atoms with Gasteiger partial charge >= 0.3 is 0 Å². The highest BCUT2D eigenvalue weighted by Gasteiger charge is 2.42. The predicted molar refractivity (Wildman–Crippen MR) is 63.5 cm³/mol. The van der Waals surface area contributed by atoms with Crippen LogP contribution in [0.15, 0.2) is 24.3 Å². The Hall–Kier alpha value is -1.55. The topological polar surface area (TPSA) is 53.2 Å². The number of nitrogens with one attached hydrogen (secondary N) is 3. The molecule has 1 amide bonds. The first-order valence-electron chi connectivity index (χ1n) is 5.70. The van der Waals surface area contributed by atoms with Gasteiger partial charge in [-0.1, -0.05) is 12.1 Å². The summed E-state index contributed by atoms with van der Waals surface area (Å²) < 4.78 is 0. The first kappa shape index (κ1) is 9.66. The van der Waals surface area contributed by atoms with E-state index >= 15 is 0 Å². The average molecular weight is 217 g/mol. The molecule has 0 unspecified atom stereocenters. The Morgan fingerprint density at radius 2 is 1.75 bits per heavy atom. The van der Waals surface area contributed by atoms with Gasteiger partial charge < -0.3 is 16.0 Å². The predicted octanol–water partition coefficient (Wildman–Crippen LogP) is 1.17. The van der Waals surface area contributed by atoms with Crippen molar-refractivity contribution in [2.45, 2.75) is 18.4 Å². The van der Waals surface area contributed by atoms with Gasteiger partial charge in [-0.2, -0.15) is 0 Å². The van der Waals surface area contributed by atoms with Crippen LogP contribution in [0.5, 0.6) is 0 Å². The van der Waals surface area contributed by atoms with E-state index < -0.39 is 5.54 Å². The van der Waals surface area contributed by atoms with Gasteiger partial charge in [0.1, 0.15) is 5.54 Å². The average Bonchev–Trinajstić information content (AvgIpc) is 2.32. The van der Waals surface area contributed by atoms with Crippen molar-refractivity contribution in [3.05, 3.63) is 24.3 Å². The summed E-state index contributed by atoms with van der Waals surface area (Å²) in [5.74, 6) is 0.104. The minimum atomic E-state index is -0.403. The smallest absolute Gasteiger partial charge is 0.250 e. The molecule has 1 aromatic carbocycles. The second kappa shape index (κ2) is 3.49. The van der Waals surface area contributed by atoms with Gasteiger partial charge in [-0.3, -0.25) is 4.79 Å². The van der Waals surface area contributed by atoms with Gasteiger partial charge in [-0.25, -0.2) is 0 Å². The summed E-state index contributed by atoms with van der Waals surface area (Å²) in [4.78, 5) is 12.1. The van der Waals surface area contributed by atoms with Crippen molar-refractivity contribution in [1.82, 2.24) is 5.32 Å². The molecule has 0 saturated carbocycles. The SMILES string of the molecule is O=C1Nc2ccccc2NC12CCNCC2. The second-order valence-corrected chi connectivity index (χ2v) is 4.46. The van der Waals surface area contributed by atoms with E-state index in [0.717, 1.165) is 37.3 Å². The van der Waals surface area contributed by atoms with Gasteiger partial charge in [0.15, 0.2) is 0 Å². The van der Waals surface area contributed by atoms with Crippen molar-refractivity contribution in [1.29, 1.82) is 0 Å². The zero-order valence-corrected chi connectivity index (χ0v) is 9.05. The number of para-hydroxylation sites is 2. The first-order chi connectivity index (χ1) is 7.80. The standard InChI is InChI=1S/C12H15N3O/c16-11-12(5-7-13-8-6-12)15-10-4-2-1-3-9(10)14-11/h1-4,13,15H,5-8H2,(H,14,16). The summed E-state index contributed by atoms with van der Waals surface area (Å²) in [5, 5.41) is 9.68. The molecule has 3 rings (SSSR count). The van der Waals surface area contributed by atoms with Gasteiger partial charge in [0, 0.05) is 0 Å². The maximum Gasteiger partial charge on any atom is 0.250 e. The van der Waals surface area contributed by atoms with Crippen LogP contribution in [-0.2, 0) is 4.79 Å². The number of carbonyl (C=O) groups is 1. The zero-order chi connectivity index (χ0) is 11.0. The lowest BCUT2D eigenvalue weighted by Crippen LogP contribution is -2.57. The molecule has 4 heteroatoms. The number of carbonyl (C=O) groups excluding carboxylic acids is 1. The Morgan fingerprint density at radius 1 is 1.06 bits per heavy atom. The van der Waals surface area contributed by atoms with E-state index in [2.05, 4.69) is 16.0 Å². The fourth-order valence-electron chi connectivity index (χ4n) is 2.46. The molecule has 1 fully saturated rings. The van der Waals surface area contributed by atoms with E-state index in [1.807, 2.05) is 24.3 Å². The Bertz CT molecular complexity index is 424. The molecular weight excluding hydrogens is 202 g/mol. The molecular formula is C12H15N3O. The summed E-state index contributed by atoms with van der Waals surface area (Å²) >= 11 is 0. The minimum absolute atomic E-state index is 0.104. The minimum Gasteiger partial charge on any atom is -0.369 e. The highest BCUT2D eigenvalue weighted by Crippen LogP contribution is 2.34. The van der Waals surface area contributed by atoms with Gasteiger partial charge in [-0.15, -0.1) is 0 Å². The van der Waals surface area contributed by atoms with Gasteiger partial charge in [-0.05, 0) is 38.1 Å². The van der Waals surface area contributed by atoms with E-state index in [1.54, 1.807) is 0 Å². The van der Waals surface area contributed by atoms with Crippen LogP contribution in [0.25, 0.3) is 0 Å². The molecule has 1 saturated heterocycles. The van der Waals surface area contributed by atoms with Crippen molar-refractivity contribution in [2.24, 2.45) is 0 Å². The van der Waals surface area contributed by atoms with Crippen LogP contribution in [0.4, 0.5) is 11.4 Å². The number of piperidine rings is 1. The van der Waals surface area contributed by atoms with Crippen molar-refractivity contribution in [3.8, 4) is 0 Å². The lowest BCUT2D eigenvalue weighted by Gasteiger charge is -2.41. The normalized spacial score (nSPS) is 22.1. The third-order valence-electron chi connectivity index (χ3n) is 3.44. The lowest BCUT2D eigenvalue weighted by atomic mass is 9.85. The Morgan fingerprint density at radius 3 is 2.50 bits per heavy atom. The van der Waals surface area contributed by atoms with Crippen LogP contribution in [0.3, 0.4) is 0 Å². The summed E-state index contributed by atoms with van der Waals surface area (Å²) in [6, 6.07) is 7.85. The van der Waals surface area contributed by atoms with Gasteiger partial charge in [0.2, 0.25) is 5.91 Å². The Labute approximate surface area is 94.4 Å². The van der Waals surface area contributed by atoms with Crippen LogP contribution in [0.2, 0.25) is 0 Å². The third-order valence-corrected chi connectivity index (χ3v) is 3.44. The maximum atomic E-state index is 12.1. The molecule has 2 aliphatic heterocycles. The molecule has 2 aliphatic rings. The fraction of sp³-hybridized carbons (Fsp3) is 0.417. The first-order valence-corrected chi connectivity index (χ1v) is 5.70. The number of hydrogen-bond donors (Lipinski definition) is 3. The summed E-state index contributed by atoms with van der Waals surface area (Å²) in [6.07, 6.45) is 1.68. The number of benzene rings is 1. The molecule has 0 radical (unpaired) electrons. The quantitative estimate of drug-likeness (QED) is 0.611. The molecule has 3 N–H and O–H groups in total. The molecule has 16 heavy (non-hydrogen) atoms.